The summed E-state index contributed by atoms with van der Waals surface area (Å²) >= 11 is 0. The number of nitrogens with two attached hydrogens (primary N) is 1. The summed E-state index contributed by atoms with van der Waals surface area (Å²) in [7, 11) is 4.60. The van der Waals surface area contributed by atoms with E-state index in [1.165, 1.54) is 21.6 Å². The van der Waals surface area contributed by atoms with Crippen LogP contribution in [0.15, 0.2) is 12.3 Å². The molecule has 23 heavy (non-hydrogen) atoms. The van der Waals surface area contributed by atoms with Crippen LogP contribution in [0.4, 0.5) is 0 Å². The summed E-state index contributed by atoms with van der Waals surface area (Å²) in [4.78, 5) is 34.0. The Morgan fingerprint density at radius 2 is 1.48 bits per heavy atom. The van der Waals surface area contributed by atoms with Crippen LogP contribution in [-0.4, -0.2) is 49.4 Å². The van der Waals surface area contributed by atoms with Crippen molar-refractivity contribution >= 4 is 39.3 Å². The first-order valence-corrected chi connectivity index (χ1v) is 9.36. The number of hydrazine groups is 2. The van der Waals surface area contributed by atoms with Crippen molar-refractivity contribution in [1.82, 2.24) is 26.9 Å². The van der Waals surface area contributed by atoms with Crippen molar-refractivity contribution < 1.29 is 14.4 Å². The number of rotatable bonds is 13. The molecular formula is C12H24N6O3S2. The first kappa shape index (κ1) is 21.6. The summed E-state index contributed by atoms with van der Waals surface area (Å²) in [6, 6.07) is 0. The molecule has 0 aromatic carbocycles. The van der Waals surface area contributed by atoms with E-state index in [9.17, 15) is 14.4 Å². The Morgan fingerprint density at radius 3 is 1.96 bits per heavy atom. The number of hydrogen-bond acceptors (Lipinski definition) is 8. The monoisotopic (exact) mass is 364 g/mol. The van der Waals surface area contributed by atoms with Crippen LogP contribution in [0.1, 0.15) is 12.8 Å². The number of amides is 3. The lowest BCUT2D eigenvalue weighted by Crippen LogP contribution is -2.42. The highest BCUT2D eigenvalue weighted by atomic mass is 33.1. The van der Waals surface area contributed by atoms with E-state index in [0.29, 0.717) is 36.6 Å². The highest BCUT2D eigenvalue weighted by molar-refractivity contribution is 8.76. The standard InChI is InChI=1S/C12H24N6O3S2/c1-9(17-13)7-15-10(19)3-5-22-23-6-4-11(20)16-8-12(21)18-14-2/h14,17H,1,3-8,13H2,2H3,(H,15,19)(H,16,20)(H,18,21). The second-order valence-corrected chi connectivity index (χ2v) is 6.95. The minimum Gasteiger partial charge on any atom is -0.350 e. The van der Waals surface area contributed by atoms with Crippen molar-refractivity contribution in [3.8, 4) is 0 Å². The van der Waals surface area contributed by atoms with Crippen molar-refractivity contribution in [1.29, 1.82) is 0 Å². The van der Waals surface area contributed by atoms with E-state index < -0.39 is 0 Å². The minimum absolute atomic E-state index is 0.0550. The molecular weight excluding hydrogens is 340 g/mol. The fourth-order valence-corrected chi connectivity index (χ4v) is 3.16. The summed E-state index contributed by atoms with van der Waals surface area (Å²) in [6.45, 7) is 3.84. The zero-order chi connectivity index (χ0) is 17.5. The Hall–Kier alpha value is -1.43. The fraction of sp³-hybridized carbons (Fsp3) is 0.583. The van der Waals surface area contributed by atoms with Gasteiger partial charge >= 0.3 is 0 Å². The fourth-order valence-electron chi connectivity index (χ4n) is 1.18. The number of hydrogen-bond donors (Lipinski definition) is 6. The maximum Gasteiger partial charge on any atom is 0.253 e. The molecule has 0 rings (SSSR count). The molecule has 0 saturated heterocycles. The quantitative estimate of drug-likeness (QED) is 0.102. The Morgan fingerprint density at radius 1 is 0.957 bits per heavy atom. The third-order valence-corrected chi connectivity index (χ3v) is 4.73. The summed E-state index contributed by atoms with van der Waals surface area (Å²) < 4.78 is 0. The number of carbonyl (C=O) groups is 3. The predicted molar refractivity (Wildman–Crippen MR) is 93.8 cm³/mol. The third kappa shape index (κ3) is 13.9. The van der Waals surface area contributed by atoms with Gasteiger partial charge in [-0.15, -0.1) is 0 Å². The van der Waals surface area contributed by atoms with Gasteiger partial charge in [-0.1, -0.05) is 28.2 Å². The first-order chi connectivity index (χ1) is 11.0. The smallest absolute Gasteiger partial charge is 0.253 e. The van der Waals surface area contributed by atoms with Crippen LogP contribution in [0, 0.1) is 0 Å². The number of nitrogens with one attached hydrogen (secondary N) is 5. The van der Waals surface area contributed by atoms with Crippen molar-refractivity contribution in [2.24, 2.45) is 5.84 Å². The topological polar surface area (TPSA) is 137 Å². The van der Waals surface area contributed by atoms with Crippen molar-refractivity contribution in [3.63, 3.8) is 0 Å². The van der Waals surface area contributed by atoms with Gasteiger partial charge in [0.1, 0.15) is 0 Å². The summed E-state index contributed by atoms with van der Waals surface area (Å²) in [5, 5.41) is 5.18. The molecule has 0 radical (unpaired) electrons. The highest BCUT2D eigenvalue weighted by Crippen LogP contribution is 2.22. The van der Waals surface area contributed by atoms with E-state index in [-0.39, 0.29) is 24.3 Å². The van der Waals surface area contributed by atoms with Crippen LogP contribution in [0.5, 0.6) is 0 Å². The molecule has 0 spiro atoms. The molecule has 0 aromatic rings. The maximum atomic E-state index is 11.5. The van der Waals surface area contributed by atoms with Gasteiger partial charge in [0.2, 0.25) is 11.8 Å². The SMILES string of the molecule is C=C(CNC(=O)CCSSCCC(=O)NCC(=O)NNC)NN. The van der Waals surface area contributed by atoms with Gasteiger partial charge in [0.15, 0.2) is 0 Å². The molecule has 0 bridgehead atoms. The highest BCUT2D eigenvalue weighted by Gasteiger charge is 2.05. The van der Waals surface area contributed by atoms with Crippen LogP contribution >= 0.6 is 21.6 Å². The average Bonchev–Trinajstić information content (AvgIpc) is 2.54. The van der Waals surface area contributed by atoms with Crippen molar-refractivity contribution in [3.05, 3.63) is 12.3 Å². The third-order valence-electron chi connectivity index (χ3n) is 2.32. The van der Waals surface area contributed by atoms with E-state index in [1.54, 1.807) is 7.05 Å². The molecule has 0 aromatic heterocycles. The molecule has 0 aliphatic heterocycles. The van der Waals surface area contributed by atoms with Gasteiger partial charge in [-0.2, -0.15) is 0 Å². The van der Waals surface area contributed by atoms with Gasteiger partial charge in [-0.05, 0) is 0 Å². The lowest BCUT2D eigenvalue weighted by atomic mass is 10.4. The Labute approximate surface area is 143 Å². The molecule has 132 valence electrons. The molecule has 7 N–H and O–H groups in total. The maximum absolute atomic E-state index is 11.5. The summed E-state index contributed by atoms with van der Waals surface area (Å²) in [5.41, 5.74) is 7.72. The molecule has 9 nitrogen and oxygen atoms in total. The van der Waals surface area contributed by atoms with Gasteiger partial charge in [0, 0.05) is 37.1 Å². The Bertz CT molecular complexity index is 408. The first-order valence-electron chi connectivity index (χ1n) is 6.87. The van der Waals surface area contributed by atoms with Crippen molar-refractivity contribution in [2.45, 2.75) is 12.8 Å². The normalized spacial score (nSPS) is 9.83. The van der Waals surface area contributed by atoms with Gasteiger partial charge in [-0.3, -0.25) is 25.7 Å². The second kappa shape index (κ2) is 14.2. The van der Waals surface area contributed by atoms with E-state index >= 15 is 0 Å². The largest absolute Gasteiger partial charge is 0.350 e. The van der Waals surface area contributed by atoms with Gasteiger partial charge < -0.3 is 16.1 Å². The van der Waals surface area contributed by atoms with Gasteiger partial charge in [0.25, 0.3) is 5.91 Å². The Kier molecular flexibility index (Phi) is 13.3. The molecule has 0 unspecified atom stereocenters. The van der Waals surface area contributed by atoms with Crippen LogP contribution in [0.2, 0.25) is 0 Å². The van der Waals surface area contributed by atoms with E-state index in [1.807, 2.05) is 0 Å². The molecule has 11 heteroatoms. The molecule has 0 fully saturated rings. The van der Waals surface area contributed by atoms with E-state index in [2.05, 4.69) is 33.5 Å². The number of carbonyl (C=O) groups excluding carboxylic acids is 3. The zero-order valence-corrected chi connectivity index (χ0v) is 14.7. The van der Waals surface area contributed by atoms with Crippen LogP contribution in [-0.2, 0) is 14.4 Å². The summed E-state index contributed by atoms with van der Waals surface area (Å²) in [5.74, 6) is 5.81. The van der Waals surface area contributed by atoms with Gasteiger partial charge in [-0.25, -0.2) is 5.43 Å². The van der Waals surface area contributed by atoms with Crippen LogP contribution in [0.3, 0.4) is 0 Å². The second-order valence-electron chi connectivity index (χ2n) is 4.24. The molecule has 0 atom stereocenters. The molecule has 3 amide bonds. The van der Waals surface area contributed by atoms with Crippen molar-refractivity contribution in [2.75, 3.05) is 31.6 Å². The minimum atomic E-state index is -0.304. The average molecular weight is 364 g/mol. The predicted octanol–water partition coefficient (Wildman–Crippen LogP) is -1.39. The lowest BCUT2D eigenvalue weighted by molar-refractivity contribution is -0.126. The Balaban J connectivity index is 3.48. The van der Waals surface area contributed by atoms with E-state index in [0.717, 1.165) is 0 Å². The molecule has 0 heterocycles. The lowest BCUT2D eigenvalue weighted by Gasteiger charge is -2.07. The molecule has 0 aliphatic carbocycles. The molecule has 0 aliphatic rings. The molecule has 0 saturated carbocycles. The van der Waals surface area contributed by atoms with Crippen LogP contribution in [0.25, 0.3) is 0 Å². The zero-order valence-electron chi connectivity index (χ0n) is 13.1. The van der Waals surface area contributed by atoms with Gasteiger partial charge in [0.05, 0.1) is 13.1 Å². The van der Waals surface area contributed by atoms with E-state index in [4.69, 9.17) is 5.84 Å². The summed E-state index contributed by atoms with van der Waals surface area (Å²) in [6.07, 6.45) is 0.699. The van der Waals surface area contributed by atoms with Crippen LogP contribution < -0.4 is 32.8 Å².